The lowest BCUT2D eigenvalue weighted by molar-refractivity contribution is 0.0380. The van der Waals surface area contributed by atoms with Crippen LogP contribution in [0.25, 0.3) is 21.3 Å². The van der Waals surface area contributed by atoms with Gasteiger partial charge >= 0.3 is 5.97 Å². The monoisotopic (exact) mass is 451 g/mol. The predicted octanol–water partition coefficient (Wildman–Crippen LogP) is 5.73. The molecule has 3 N–H and O–H groups in total. The summed E-state index contributed by atoms with van der Waals surface area (Å²) in [5.41, 5.74) is 9.39. The van der Waals surface area contributed by atoms with Gasteiger partial charge in [-0.25, -0.2) is 9.78 Å². The lowest BCUT2D eigenvalue weighted by atomic mass is 10.0. The highest BCUT2D eigenvalue weighted by molar-refractivity contribution is 7.21. The fourth-order valence-electron chi connectivity index (χ4n) is 3.17. The molecule has 8 heteroatoms. The molecule has 0 bridgehead atoms. The number of nitrogen functional groups attached to an aromatic ring is 1. The van der Waals surface area contributed by atoms with Gasteiger partial charge in [-0.2, -0.15) is 0 Å². The molecule has 158 valence electrons. The fourth-order valence-corrected chi connectivity index (χ4v) is 5.16. The van der Waals surface area contributed by atoms with E-state index in [9.17, 15) is 9.59 Å². The number of thiophene rings is 2. The zero-order valence-corrected chi connectivity index (χ0v) is 18.9. The quantitative estimate of drug-likeness (QED) is 0.378. The van der Waals surface area contributed by atoms with Gasteiger partial charge in [-0.05, 0) is 38.5 Å². The van der Waals surface area contributed by atoms with Crippen LogP contribution < -0.4 is 11.1 Å². The number of carbonyl (C=O) groups is 2. The molecule has 0 spiro atoms. The topological polar surface area (TPSA) is 94.3 Å². The van der Waals surface area contributed by atoms with E-state index in [1.807, 2.05) is 54.8 Å². The maximum atomic E-state index is 13.1. The number of hydrogen-bond acceptors (Lipinski definition) is 7. The highest BCUT2D eigenvalue weighted by Gasteiger charge is 2.25. The number of aryl methyl sites for hydroxylation is 1. The second-order valence-corrected chi connectivity index (χ2v) is 9.16. The number of rotatable bonds is 5. The molecule has 1 amide bonds. The Kier molecular flexibility index (Phi) is 5.75. The number of carbonyl (C=O) groups excluding carboxylic acids is 2. The molecular weight excluding hydrogens is 430 g/mol. The van der Waals surface area contributed by atoms with E-state index in [4.69, 9.17) is 10.5 Å². The van der Waals surface area contributed by atoms with Crippen LogP contribution in [0.2, 0.25) is 0 Å². The fraction of sp³-hybridized carbons (Fsp3) is 0.174. The number of benzene rings is 1. The maximum Gasteiger partial charge on any atom is 0.342 e. The third-order valence-electron chi connectivity index (χ3n) is 4.59. The molecule has 31 heavy (non-hydrogen) atoms. The molecule has 3 heterocycles. The first kappa shape index (κ1) is 21.0. The molecular formula is C23H21N3O3S2. The van der Waals surface area contributed by atoms with Gasteiger partial charge in [0.25, 0.3) is 5.91 Å². The standard InChI is InChI=1S/C23H21N3O3S2/c1-12(2)29-23(28)17-16(14-7-5-4-6-8-14)11-30-22(17)26-20(27)19-18(24)15-10-9-13(3)25-21(15)31-19/h4-12H,24H2,1-3H3,(H,26,27). The lowest BCUT2D eigenvalue weighted by Gasteiger charge is -2.11. The minimum Gasteiger partial charge on any atom is -0.459 e. The van der Waals surface area contributed by atoms with Crippen molar-refractivity contribution in [1.29, 1.82) is 0 Å². The van der Waals surface area contributed by atoms with Crippen molar-refractivity contribution >= 4 is 55.5 Å². The van der Waals surface area contributed by atoms with Crippen molar-refractivity contribution in [2.24, 2.45) is 0 Å². The van der Waals surface area contributed by atoms with Crippen LogP contribution in [0.1, 0.15) is 39.6 Å². The van der Waals surface area contributed by atoms with Crippen LogP contribution in [0.4, 0.5) is 10.7 Å². The molecule has 0 aliphatic carbocycles. The number of aromatic nitrogens is 1. The number of esters is 1. The first-order chi connectivity index (χ1) is 14.8. The number of nitrogens with zero attached hydrogens (tertiary/aromatic N) is 1. The van der Waals surface area contributed by atoms with E-state index in [0.29, 0.717) is 31.5 Å². The van der Waals surface area contributed by atoms with Gasteiger partial charge in [0.05, 0.1) is 11.8 Å². The van der Waals surface area contributed by atoms with E-state index in [1.54, 1.807) is 13.8 Å². The molecule has 0 saturated heterocycles. The third kappa shape index (κ3) is 4.17. The zero-order chi connectivity index (χ0) is 22.1. The molecule has 3 aromatic heterocycles. The maximum absolute atomic E-state index is 13.1. The second kappa shape index (κ2) is 8.49. The number of nitrogens with two attached hydrogens (primary N) is 1. The highest BCUT2D eigenvalue weighted by atomic mass is 32.1. The summed E-state index contributed by atoms with van der Waals surface area (Å²) in [4.78, 5) is 31.5. The summed E-state index contributed by atoms with van der Waals surface area (Å²) in [7, 11) is 0. The summed E-state index contributed by atoms with van der Waals surface area (Å²) < 4.78 is 5.45. The predicted molar refractivity (Wildman–Crippen MR) is 127 cm³/mol. The van der Waals surface area contributed by atoms with Crippen LogP contribution in [0.3, 0.4) is 0 Å². The molecule has 0 fully saturated rings. The Morgan fingerprint density at radius 3 is 2.58 bits per heavy atom. The summed E-state index contributed by atoms with van der Waals surface area (Å²) in [5.74, 6) is -0.856. The molecule has 1 aromatic carbocycles. The van der Waals surface area contributed by atoms with Crippen molar-refractivity contribution in [3.05, 3.63) is 64.0 Å². The van der Waals surface area contributed by atoms with Crippen LogP contribution in [0, 0.1) is 6.92 Å². The van der Waals surface area contributed by atoms with Crippen LogP contribution in [0.5, 0.6) is 0 Å². The Balaban J connectivity index is 1.73. The normalized spacial score (nSPS) is 11.1. The van der Waals surface area contributed by atoms with Crippen LogP contribution >= 0.6 is 22.7 Å². The van der Waals surface area contributed by atoms with E-state index in [1.165, 1.54) is 22.7 Å². The number of nitrogens with one attached hydrogen (secondary N) is 1. The summed E-state index contributed by atoms with van der Waals surface area (Å²) in [5, 5.41) is 5.89. The van der Waals surface area contributed by atoms with Gasteiger partial charge in [-0.15, -0.1) is 22.7 Å². The Labute approximate surface area is 187 Å². The molecule has 4 rings (SSSR count). The molecule has 0 atom stereocenters. The third-order valence-corrected chi connectivity index (χ3v) is 6.60. The molecule has 0 aliphatic heterocycles. The average molecular weight is 452 g/mol. The molecule has 4 aromatic rings. The number of ether oxygens (including phenoxy) is 1. The van der Waals surface area contributed by atoms with Crippen molar-refractivity contribution in [2.45, 2.75) is 26.9 Å². The van der Waals surface area contributed by atoms with Crippen LogP contribution in [-0.2, 0) is 4.74 Å². The van der Waals surface area contributed by atoms with E-state index in [-0.39, 0.29) is 12.0 Å². The van der Waals surface area contributed by atoms with Crippen LogP contribution in [-0.4, -0.2) is 23.0 Å². The Morgan fingerprint density at radius 1 is 1.13 bits per heavy atom. The van der Waals surface area contributed by atoms with Crippen molar-refractivity contribution in [3.8, 4) is 11.1 Å². The molecule has 0 unspecified atom stereocenters. The van der Waals surface area contributed by atoms with E-state index in [0.717, 1.165) is 16.6 Å². The van der Waals surface area contributed by atoms with Gasteiger partial charge in [0, 0.05) is 22.0 Å². The lowest BCUT2D eigenvalue weighted by Crippen LogP contribution is -2.16. The summed E-state index contributed by atoms with van der Waals surface area (Å²) >= 11 is 2.51. The number of fused-ring (bicyclic) bond motifs is 1. The first-order valence-electron chi connectivity index (χ1n) is 9.70. The number of hydrogen-bond donors (Lipinski definition) is 2. The molecule has 6 nitrogen and oxygen atoms in total. The van der Waals surface area contributed by atoms with E-state index >= 15 is 0 Å². The molecule has 0 radical (unpaired) electrons. The number of pyridine rings is 1. The first-order valence-corrected chi connectivity index (χ1v) is 11.4. The van der Waals surface area contributed by atoms with Crippen LogP contribution in [0.15, 0.2) is 47.8 Å². The second-order valence-electron chi connectivity index (χ2n) is 7.28. The van der Waals surface area contributed by atoms with Gasteiger partial charge in [0.2, 0.25) is 0 Å². The van der Waals surface area contributed by atoms with Gasteiger partial charge in [0.1, 0.15) is 20.3 Å². The van der Waals surface area contributed by atoms with Gasteiger partial charge in [-0.1, -0.05) is 30.3 Å². The van der Waals surface area contributed by atoms with Crippen molar-refractivity contribution in [3.63, 3.8) is 0 Å². The van der Waals surface area contributed by atoms with Crippen molar-refractivity contribution < 1.29 is 14.3 Å². The minimum absolute atomic E-state index is 0.285. The van der Waals surface area contributed by atoms with Crippen molar-refractivity contribution in [1.82, 2.24) is 4.98 Å². The SMILES string of the molecule is Cc1ccc2c(N)c(C(=O)Nc3scc(-c4ccccc4)c3C(=O)OC(C)C)sc2n1. The van der Waals surface area contributed by atoms with E-state index in [2.05, 4.69) is 10.3 Å². The molecule has 0 aliphatic rings. The Morgan fingerprint density at radius 2 is 1.87 bits per heavy atom. The summed E-state index contributed by atoms with van der Waals surface area (Å²) in [6.45, 7) is 5.47. The Hall–Kier alpha value is -3.23. The van der Waals surface area contributed by atoms with Crippen molar-refractivity contribution in [2.75, 3.05) is 11.1 Å². The van der Waals surface area contributed by atoms with Gasteiger partial charge in [0.15, 0.2) is 0 Å². The zero-order valence-electron chi connectivity index (χ0n) is 17.3. The Bertz CT molecular complexity index is 1280. The minimum atomic E-state index is -0.480. The molecule has 0 saturated carbocycles. The smallest absolute Gasteiger partial charge is 0.342 e. The van der Waals surface area contributed by atoms with E-state index < -0.39 is 5.97 Å². The van der Waals surface area contributed by atoms with Gasteiger partial charge < -0.3 is 15.8 Å². The van der Waals surface area contributed by atoms with Gasteiger partial charge in [-0.3, -0.25) is 4.79 Å². The average Bonchev–Trinajstić information content (AvgIpc) is 3.29. The highest BCUT2D eigenvalue weighted by Crippen LogP contribution is 2.38. The summed E-state index contributed by atoms with van der Waals surface area (Å²) in [6.07, 6.45) is -0.285. The number of amides is 1. The number of anilines is 2. The largest absolute Gasteiger partial charge is 0.459 e. The summed E-state index contributed by atoms with van der Waals surface area (Å²) in [6, 6.07) is 13.3.